The summed E-state index contributed by atoms with van der Waals surface area (Å²) in [7, 11) is 2.04. The van der Waals surface area contributed by atoms with Gasteiger partial charge in [-0.2, -0.15) is 0 Å². The summed E-state index contributed by atoms with van der Waals surface area (Å²) in [6, 6.07) is 27.8. The molecule has 0 amide bonds. The lowest BCUT2D eigenvalue weighted by molar-refractivity contribution is -0.660. The highest BCUT2D eigenvalue weighted by Crippen LogP contribution is 2.39. The highest BCUT2D eigenvalue weighted by Gasteiger charge is 2.21. The van der Waals surface area contributed by atoms with Crippen LogP contribution in [0.4, 0.5) is 4.39 Å². The lowest BCUT2D eigenvalue weighted by atomic mass is 9.97. The monoisotopic (exact) mass is 418 g/mol. The summed E-state index contributed by atoms with van der Waals surface area (Å²) in [5.74, 6) is -0.231. The predicted octanol–water partition coefficient (Wildman–Crippen LogP) is 7.35. The summed E-state index contributed by atoms with van der Waals surface area (Å²) in [6.07, 6.45) is 2.04. The van der Waals surface area contributed by atoms with Gasteiger partial charge in [0.2, 0.25) is 5.69 Å². The number of hydrogen-bond acceptors (Lipinski definition) is 1. The Morgan fingerprint density at radius 2 is 1.50 bits per heavy atom. The first-order valence-corrected chi connectivity index (χ1v) is 10.7. The number of pyridine rings is 1. The van der Waals surface area contributed by atoms with E-state index in [1.165, 1.54) is 22.9 Å². The molecular weight excluding hydrogens is 397 g/mol. The van der Waals surface area contributed by atoms with E-state index in [0.29, 0.717) is 0 Å². The van der Waals surface area contributed by atoms with Crippen molar-refractivity contribution in [3.05, 3.63) is 103 Å². The van der Waals surface area contributed by atoms with Gasteiger partial charge >= 0.3 is 0 Å². The molecule has 0 unspecified atom stereocenters. The van der Waals surface area contributed by atoms with Crippen LogP contribution in [0, 0.1) is 12.7 Å². The molecule has 0 spiro atoms. The molecule has 154 valence electrons. The fourth-order valence-electron chi connectivity index (χ4n) is 4.58. The van der Waals surface area contributed by atoms with Crippen molar-refractivity contribution in [2.75, 3.05) is 0 Å². The van der Waals surface area contributed by atoms with Gasteiger partial charge in [0.1, 0.15) is 24.0 Å². The molecule has 2 heterocycles. The Bertz CT molecular complexity index is 1640. The molecule has 32 heavy (non-hydrogen) atoms. The standard InChI is InChI=1S/C29H21FNO/c1-18-7-12-24-25-15-20-5-3-4-6-21(20)17-27(25)32-29(24)28(18)26-16-22(13-14-31(26)2)19-8-10-23(30)11-9-19/h3-17H,1-2H3/q+1. The van der Waals surface area contributed by atoms with Gasteiger partial charge in [0.05, 0.1) is 5.56 Å². The van der Waals surface area contributed by atoms with Crippen LogP contribution in [0.25, 0.3) is 55.1 Å². The van der Waals surface area contributed by atoms with Gasteiger partial charge in [0.25, 0.3) is 0 Å². The number of aryl methyl sites for hydroxylation is 2. The van der Waals surface area contributed by atoms with E-state index >= 15 is 0 Å². The first-order chi connectivity index (χ1) is 15.6. The summed E-state index contributed by atoms with van der Waals surface area (Å²) in [4.78, 5) is 0. The van der Waals surface area contributed by atoms with Crippen molar-refractivity contribution in [1.82, 2.24) is 0 Å². The van der Waals surface area contributed by atoms with E-state index in [4.69, 9.17) is 4.42 Å². The molecule has 0 fully saturated rings. The molecule has 0 saturated heterocycles. The van der Waals surface area contributed by atoms with Crippen LogP contribution in [-0.4, -0.2) is 0 Å². The Balaban J connectivity index is 1.63. The predicted molar refractivity (Wildman–Crippen MR) is 128 cm³/mol. The summed E-state index contributed by atoms with van der Waals surface area (Å²) < 4.78 is 22.0. The summed E-state index contributed by atoms with van der Waals surface area (Å²) in [6.45, 7) is 2.11. The molecular formula is C29H21FNO+. The van der Waals surface area contributed by atoms with Crippen molar-refractivity contribution >= 4 is 32.7 Å². The van der Waals surface area contributed by atoms with E-state index in [9.17, 15) is 4.39 Å². The fourth-order valence-corrected chi connectivity index (χ4v) is 4.58. The van der Waals surface area contributed by atoms with Gasteiger partial charge in [-0.05, 0) is 58.7 Å². The number of benzene rings is 4. The van der Waals surface area contributed by atoms with Gasteiger partial charge in [-0.3, -0.25) is 0 Å². The molecule has 6 aromatic rings. The summed E-state index contributed by atoms with van der Waals surface area (Å²) in [5.41, 5.74) is 7.08. The van der Waals surface area contributed by atoms with Crippen molar-refractivity contribution in [3.8, 4) is 22.4 Å². The smallest absolute Gasteiger partial charge is 0.216 e. The number of furan rings is 1. The minimum Gasteiger partial charge on any atom is -0.455 e. The van der Waals surface area contributed by atoms with Gasteiger partial charge in [0, 0.05) is 22.9 Å². The Labute approximate surface area is 185 Å². The highest BCUT2D eigenvalue weighted by atomic mass is 19.1. The van der Waals surface area contributed by atoms with Gasteiger partial charge in [-0.25, -0.2) is 8.96 Å². The number of fused-ring (bicyclic) bond motifs is 4. The molecule has 0 aliphatic carbocycles. The van der Waals surface area contributed by atoms with Crippen LogP contribution in [-0.2, 0) is 7.05 Å². The van der Waals surface area contributed by atoms with E-state index < -0.39 is 0 Å². The van der Waals surface area contributed by atoms with Crippen LogP contribution in [0.3, 0.4) is 0 Å². The minimum absolute atomic E-state index is 0.231. The normalized spacial score (nSPS) is 11.6. The van der Waals surface area contributed by atoms with Crippen molar-refractivity contribution in [2.45, 2.75) is 6.92 Å². The zero-order chi connectivity index (χ0) is 21.8. The van der Waals surface area contributed by atoms with E-state index in [2.05, 4.69) is 66.1 Å². The Morgan fingerprint density at radius 1 is 0.750 bits per heavy atom. The molecule has 0 bridgehead atoms. The molecule has 2 nitrogen and oxygen atoms in total. The third kappa shape index (κ3) is 2.89. The van der Waals surface area contributed by atoms with Gasteiger partial charge < -0.3 is 4.42 Å². The minimum atomic E-state index is -0.231. The number of nitrogens with zero attached hydrogens (tertiary/aromatic N) is 1. The molecule has 0 saturated carbocycles. The molecule has 0 radical (unpaired) electrons. The average molecular weight is 418 g/mol. The van der Waals surface area contributed by atoms with E-state index in [1.54, 1.807) is 0 Å². The molecule has 0 aliphatic heterocycles. The molecule has 0 atom stereocenters. The van der Waals surface area contributed by atoms with Crippen LogP contribution in [0.1, 0.15) is 5.56 Å². The molecule has 0 aliphatic rings. The van der Waals surface area contributed by atoms with Crippen LogP contribution in [0.5, 0.6) is 0 Å². The first kappa shape index (κ1) is 18.8. The largest absolute Gasteiger partial charge is 0.455 e. The maximum Gasteiger partial charge on any atom is 0.216 e. The van der Waals surface area contributed by atoms with E-state index in [1.807, 2.05) is 31.4 Å². The quantitative estimate of drug-likeness (QED) is 0.269. The molecule has 3 heteroatoms. The lowest BCUT2D eigenvalue weighted by Crippen LogP contribution is -2.30. The number of hydrogen-bond donors (Lipinski definition) is 0. The zero-order valence-corrected chi connectivity index (χ0v) is 17.9. The lowest BCUT2D eigenvalue weighted by Gasteiger charge is -2.08. The highest BCUT2D eigenvalue weighted by molar-refractivity contribution is 6.13. The fraction of sp³-hybridized carbons (Fsp3) is 0.0690. The average Bonchev–Trinajstić information content (AvgIpc) is 3.16. The Hall–Kier alpha value is -3.98. The molecule has 0 N–H and O–H groups in total. The van der Waals surface area contributed by atoms with Crippen LogP contribution >= 0.6 is 0 Å². The van der Waals surface area contributed by atoms with Crippen LogP contribution in [0.15, 0.2) is 95.5 Å². The third-order valence-corrected chi connectivity index (χ3v) is 6.30. The first-order valence-electron chi connectivity index (χ1n) is 10.7. The second kappa shape index (κ2) is 7.03. The Morgan fingerprint density at radius 3 is 2.28 bits per heavy atom. The maximum atomic E-state index is 13.4. The van der Waals surface area contributed by atoms with Gasteiger partial charge in [0.15, 0.2) is 6.20 Å². The van der Waals surface area contributed by atoms with Gasteiger partial charge in [-0.1, -0.05) is 48.5 Å². The van der Waals surface area contributed by atoms with Crippen molar-refractivity contribution < 1.29 is 13.4 Å². The summed E-state index contributed by atoms with van der Waals surface area (Å²) in [5, 5.41) is 4.60. The van der Waals surface area contributed by atoms with Crippen molar-refractivity contribution in [2.24, 2.45) is 7.05 Å². The van der Waals surface area contributed by atoms with Gasteiger partial charge in [-0.15, -0.1) is 0 Å². The topological polar surface area (TPSA) is 17.0 Å². The van der Waals surface area contributed by atoms with E-state index in [0.717, 1.165) is 49.9 Å². The second-order valence-electron chi connectivity index (χ2n) is 8.35. The maximum absolute atomic E-state index is 13.4. The van der Waals surface area contributed by atoms with Crippen molar-refractivity contribution in [1.29, 1.82) is 0 Å². The van der Waals surface area contributed by atoms with Crippen LogP contribution < -0.4 is 4.57 Å². The SMILES string of the molecule is Cc1ccc2c(oc3cc4ccccc4cc32)c1-c1cc(-c2ccc(F)cc2)cc[n+]1C. The summed E-state index contributed by atoms with van der Waals surface area (Å²) >= 11 is 0. The zero-order valence-electron chi connectivity index (χ0n) is 17.9. The third-order valence-electron chi connectivity index (χ3n) is 6.30. The van der Waals surface area contributed by atoms with Crippen LogP contribution in [0.2, 0.25) is 0 Å². The number of halogens is 1. The molecule has 6 rings (SSSR count). The second-order valence-corrected chi connectivity index (χ2v) is 8.35. The number of rotatable bonds is 2. The molecule has 2 aromatic heterocycles. The molecule has 4 aromatic carbocycles. The van der Waals surface area contributed by atoms with E-state index in [-0.39, 0.29) is 5.82 Å². The Kier molecular flexibility index (Phi) is 4.12. The number of aromatic nitrogens is 1. The van der Waals surface area contributed by atoms with Crippen molar-refractivity contribution in [3.63, 3.8) is 0 Å².